The Labute approximate surface area is 165 Å². The van der Waals surface area contributed by atoms with E-state index in [1.54, 1.807) is 12.5 Å². The van der Waals surface area contributed by atoms with Crippen molar-refractivity contribution in [2.45, 2.75) is 6.54 Å². The summed E-state index contributed by atoms with van der Waals surface area (Å²) in [6.45, 7) is 0.793. The molecule has 0 saturated carbocycles. The molecule has 1 heterocycles. The summed E-state index contributed by atoms with van der Waals surface area (Å²) in [5.74, 6) is -1.27. The van der Waals surface area contributed by atoms with E-state index >= 15 is 0 Å². The highest BCUT2D eigenvalue weighted by atomic mass is 32.1. The third-order valence-corrected chi connectivity index (χ3v) is 4.75. The Balaban J connectivity index is 1.55. The van der Waals surface area contributed by atoms with Gasteiger partial charge in [0.1, 0.15) is 5.75 Å². The van der Waals surface area contributed by atoms with E-state index in [0.717, 1.165) is 23.4 Å². The smallest absolute Gasteiger partial charge is 0.240 e. The number of anilines is 1. The number of hydrogen-bond acceptors (Lipinski definition) is 5. The van der Waals surface area contributed by atoms with Gasteiger partial charge in [-0.1, -0.05) is 12.1 Å². The van der Waals surface area contributed by atoms with Crippen molar-refractivity contribution in [1.82, 2.24) is 9.88 Å². The van der Waals surface area contributed by atoms with Gasteiger partial charge in [0.2, 0.25) is 5.91 Å². The number of amides is 1. The second-order valence-electron chi connectivity index (χ2n) is 6.24. The van der Waals surface area contributed by atoms with Crippen molar-refractivity contribution >= 4 is 22.4 Å². The van der Waals surface area contributed by atoms with Crippen LogP contribution in [0.1, 0.15) is 5.56 Å². The Morgan fingerprint density at radius 3 is 2.61 bits per heavy atom. The number of hydrogen-bond donors (Lipinski definition) is 1. The van der Waals surface area contributed by atoms with Crippen molar-refractivity contribution in [1.29, 1.82) is 0 Å². The molecule has 2 aromatic carbocycles. The van der Waals surface area contributed by atoms with Crippen LogP contribution in [0.15, 0.2) is 47.8 Å². The molecular weight excluding hydrogens is 384 g/mol. The Morgan fingerprint density at radius 2 is 1.93 bits per heavy atom. The molecule has 0 saturated heterocycles. The van der Waals surface area contributed by atoms with Gasteiger partial charge >= 0.3 is 0 Å². The first-order valence-corrected chi connectivity index (χ1v) is 9.35. The number of carbonyl (C=O) groups excluding carboxylic acids is 1. The number of benzene rings is 2. The molecule has 5 nitrogen and oxygen atoms in total. The molecule has 3 aromatic rings. The number of carbonyl (C=O) groups is 1. The minimum absolute atomic E-state index is 0.187. The van der Waals surface area contributed by atoms with Gasteiger partial charge in [-0.3, -0.25) is 9.69 Å². The van der Waals surface area contributed by atoms with Gasteiger partial charge in [-0.05, 0) is 42.9 Å². The Kier molecular flexibility index (Phi) is 6.33. The second-order valence-corrected chi connectivity index (χ2v) is 7.09. The molecule has 0 bridgehead atoms. The molecule has 0 aliphatic rings. The number of ether oxygens (including phenoxy) is 1. The van der Waals surface area contributed by atoms with Crippen LogP contribution in [0.2, 0.25) is 0 Å². The molecule has 0 fully saturated rings. The lowest BCUT2D eigenvalue weighted by Gasteiger charge is -2.16. The summed E-state index contributed by atoms with van der Waals surface area (Å²) in [6, 6.07) is 11.2. The van der Waals surface area contributed by atoms with Crippen LogP contribution in [0, 0.1) is 11.6 Å². The van der Waals surface area contributed by atoms with Crippen molar-refractivity contribution in [3.05, 3.63) is 65.0 Å². The number of rotatable bonds is 7. The van der Waals surface area contributed by atoms with Crippen molar-refractivity contribution in [2.75, 3.05) is 26.0 Å². The molecule has 0 aliphatic carbocycles. The minimum atomic E-state index is -0.934. The first kappa shape index (κ1) is 19.9. The minimum Gasteiger partial charge on any atom is -0.497 e. The van der Waals surface area contributed by atoms with E-state index in [4.69, 9.17) is 4.74 Å². The Hall–Kier alpha value is -2.84. The quantitative estimate of drug-likeness (QED) is 0.643. The van der Waals surface area contributed by atoms with Crippen LogP contribution in [-0.2, 0) is 11.3 Å². The summed E-state index contributed by atoms with van der Waals surface area (Å²) in [4.78, 5) is 18.4. The zero-order chi connectivity index (χ0) is 20.1. The SMILES string of the molecule is COc1ccc(CN(C)CC(=O)Nc2nc(-c3ccc(F)c(F)c3)cs2)cc1. The maximum Gasteiger partial charge on any atom is 0.240 e. The van der Waals surface area contributed by atoms with Crippen LogP contribution in [0.5, 0.6) is 5.75 Å². The van der Waals surface area contributed by atoms with Crippen LogP contribution >= 0.6 is 11.3 Å². The number of methoxy groups -OCH3 is 1. The molecular formula is C20H19F2N3O2S. The molecule has 1 amide bonds. The second kappa shape index (κ2) is 8.90. The third-order valence-electron chi connectivity index (χ3n) is 3.99. The fraction of sp³-hybridized carbons (Fsp3) is 0.200. The number of likely N-dealkylation sites (N-methyl/N-ethyl adjacent to an activating group) is 1. The van der Waals surface area contributed by atoms with E-state index in [-0.39, 0.29) is 12.5 Å². The zero-order valence-electron chi connectivity index (χ0n) is 15.4. The highest BCUT2D eigenvalue weighted by Crippen LogP contribution is 2.26. The van der Waals surface area contributed by atoms with Gasteiger partial charge in [-0.25, -0.2) is 13.8 Å². The molecule has 0 aliphatic heterocycles. The standard InChI is InChI=1S/C20H19F2N3O2S/c1-25(10-13-3-6-15(27-2)7-4-13)11-19(26)24-20-23-18(12-28-20)14-5-8-16(21)17(22)9-14/h3-9,12H,10-11H2,1-2H3,(H,23,24,26). The maximum atomic E-state index is 13.4. The van der Waals surface area contributed by atoms with E-state index in [0.29, 0.717) is 22.9 Å². The number of nitrogens with zero attached hydrogens (tertiary/aromatic N) is 2. The number of halogens is 2. The van der Waals surface area contributed by atoms with Crippen LogP contribution in [0.25, 0.3) is 11.3 Å². The molecule has 0 spiro atoms. The monoisotopic (exact) mass is 403 g/mol. The maximum absolute atomic E-state index is 13.4. The summed E-state index contributed by atoms with van der Waals surface area (Å²) < 4.78 is 31.5. The topological polar surface area (TPSA) is 54.5 Å². The predicted molar refractivity (Wildman–Crippen MR) is 105 cm³/mol. The van der Waals surface area contributed by atoms with Gasteiger partial charge in [0.25, 0.3) is 0 Å². The highest BCUT2D eigenvalue weighted by Gasteiger charge is 2.12. The van der Waals surface area contributed by atoms with Crippen molar-refractivity contribution in [3.8, 4) is 17.0 Å². The van der Waals surface area contributed by atoms with E-state index in [9.17, 15) is 13.6 Å². The number of thiazole rings is 1. The average molecular weight is 403 g/mol. The summed E-state index contributed by atoms with van der Waals surface area (Å²) >= 11 is 1.23. The van der Waals surface area contributed by atoms with Gasteiger partial charge in [-0.2, -0.15) is 0 Å². The molecule has 146 valence electrons. The molecule has 28 heavy (non-hydrogen) atoms. The molecule has 3 rings (SSSR count). The molecule has 0 unspecified atom stereocenters. The van der Waals surface area contributed by atoms with Gasteiger partial charge in [0.15, 0.2) is 16.8 Å². The van der Waals surface area contributed by atoms with Crippen LogP contribution in [0.4, 0.5) is 13.9 Å². The molecule has 8 heteroatoms. The summed E-state index contributed by atoms with van der Waals surface area (Å²) in [6.07, 6.45) is 0. The summed E-state index contributed by atoms with van der Waals surface area (Å²) in [5, 5.41) is 4.82. The fourth-order valence-electron chi connectivity index (χ4n) is 2.62. The van der Waals surface area contributed by atoms with Crippen LogP contribution in [0.3, 0.4) is 0 Å². The third kappa shape index (κ3) is 5.11. The van der Waals surface area contributed by atoms with E-state index in [1.807, 2.05) is 36.2 Å². The molecule has 1 N–H and O–H groups in total. The van der Waals surface area contributed by atoms with Gasteiger partial charge < -0.3 is 10.1 Å². The lowest BCUT2D eigenvalue weighted by atomic mass is 10.2. The fourth-order valence-corrected chi connectivity index (χ4v) is 3.36. The lowest BCUT2D eigenvalue weighted by Crippen LogP contribution is -2.29. The number of aromatic nitrogens is 1. The van der Waals surface area contributed by atoms with Crippen molar-refractivity contribution < 1.29 is 18.3 Å². The predicted octanol–water partition coefficient (Wildman–Crippen LogP) is 4.17. The average Bonchev–Trinajstić information content (AvgIpc) is 3.12. The molecule has 0 radical (unpaired) electrons. The van der Waals surface area contributed by atoms with Crippen molar-refractivity contribution in [3.63, 3.8) is 0 Å². The van der Waals surface area contributed by atoms with Crippen molar-refractivity contribution in [2.24, 2.45) is 0 Å². The van der Waals surface area contributed by atoms with E-state index < -0.39 is 11.6 Å². The van der Waals surface area contributed by atoms with Crippen LogP contribution < -0.4 is 10.1 Å². The Bertz CT molecular complexity index is 960. The van der Waals surface area contributed by atoms with E-state index in [2.05, 4.69) is 10.3 Å². The number of nitrogens with one attached hydrogen (secondary N) is 1. The highest BCUT2D eigenvalue weighted by molar-refractivity contribution is 7.14. The lowest BCUT2D eigenvalue weighted by molar-refractivity contribution is -0.117. The van der Waals surface area contributed by atoms with Crippen LogP contribution in [-0.4, -0.2) is 36.5 Å². The molecule has 0 atom stereocenters. The summed E-state index contributed by atoms with van der Waals surface area (Å²) in [7, 11) is 3.46. The zero-order valence-corrected chi connectivity index (χ0v) is 16.2. The normalized spacial score (nSPS) is 10.9. The van der Waals surface area contributed by atoms with Gasteiger partial charge in [-0.15, -0.1) is 11.3 Å². The first-order chi connectivity index (χ1) is 13.4. The summed E-state index contributed by atoms with van der Waals surface area (Å²) in [5.41, 5.74) is 1.99. The van der Waals surface area contributed by atoms with Gasteiger partial charge in [0.05, 0.1) is 19.3 Å². The first-order valence-electron chi connectivity index (χ1n) is 8.47. The Morgan fingerprint density at radius 1 is 1.18 bits per heavy atom. The largest absolute Gasteiger partial charge is 0.497 e. The van der Waals surface area contributed by atoms with E-state index in [1.165, 1.54) is 17.4 Å². The molecule has 1 aromatic heterocycles. The van der Waals surface area contributed by atoms with Gasteiger partial charge in [0, 0.05) is 17.5 Å².